The number of halogens is 6. The molecule has 0 saturated heterocycles. The molecule has 114 valence electrons. The van der Waals surface area contributed by atoms with E-state index in [4.69, 9.17) is 5.11 Å². The molecule has 2 rings (SSSR count). The number of hydrogen-bond donors (Lipinski definition) is 1. The Bertz CT molecular complexity index is 578. The van der Waals surface area contributed by atoms with E-state index in [2.05, 4.69) is 4.74 Å². The van der Waals surface area contributed by atoms with Crippen LogP contribution >= 0.6 is 0 Å². The molecule has 0 spiro atoms. The standard InChI is InChI=1S/C7H3F5O.C6H5FO/c1-13-7-5(11)3(9)2(8)4(10)6(7)12;7-5-1-3-6(8)4-2-5/h1H3;1-4,8H. The van der Waals surface area contributed by atoms with Crippen LogP contribution in [-0.2, 0) is 0 Å². The summed E-state index contributed by atoms with van der Waals surface area (Å²) in [6.45, 7) is 0. The van der Waals surface area contributed by atoms with Gasteiger partial charge in [-0.15, -0.1) is 0 Å². The highest BCUT2D eigenvalue weighted by Crippen LogP contribution is 2.28. The van der Waals surface area contributed by atoms with Gasteiger partial charge in [0.15, 0.2) is 5.75 Å². The van der Waals surface area contributed by atoms with Gasteiger partial charge in [-0.3, -0.25) is 0 Å². The summed E-state index contributed by atoms with van der Waals surface area (Å²) in [5.41, 5.74) is 0. The smallest absolute Gasteiger partial charge is 0.206 e. The van der Waals surface area contributed by atoms with Crippen molar-refractivity contribution in [3.8, 4) is 11.5 Å². The van der Waals surface area contributed by atoms with Crippen LogP contribution in [0.1, 0.15) is 0 Å². The van der Waals surface area contributed by atoms with E-state index in [1.54, 1.807) is 0 Å². The molecule has 8 heteroatoms. The molecule has 2 aromatic carbocycles. The molecule has 1 N–H and O–H groups in total. The zero-order valence-corrected chi connectivity index (χ0v) is 10.4. The highest BCUT2D eigenvalue weighted by molar-refractivity contribution is 5.29. The molecular formula is C13H8F6O2. The molecule has 0 aliphatic rings. The van der Waals surface area contributed by atoms with E-state index in [1.165, 1.54) is 24.3 Å². The molecule has 21 heavy (non-hydrogen) atoms. The average Bonchev–Trinajstić information content (AvgIpc) is 2.47. The SMILES string of the molecule is COc1c(F)c(F)c(F)c(F)c1F.Oc1ccc(F)cc1. The highest BCUT2D eigenvalue weighted by Gasteiger charge is 2.26. The number of methoxy groups -OCH3 is 1. The quantitative estimate of drug-likeness (QED) is 0.491. The number of phenols is 1. The molecule has 0 heterocycles. The fourth-order valence-electron chi connectivity index (χ4n) is 1.21. The van der Waals surface area contributed by atoms with E-state index in [0.717, 1.165) is 7.11 Å². The van der Waals surface area contributed by atoms with E-state index in [1.807, 2.05) is 0 Å². The second-order valence-electron chi connectivity index (χ2n) is 3.58. The third-order valence-corrected chi connectivity index (χ3v) is 2.20. The van der Waals surface area contributed by atoms with Crippen molar-refractivity contribution >= 4 is 0 Å². The predicted molar refractivity (Wildman–Crippen MR) is 60.8 cm³/mol. The van der Waals surface area contributed by atoms with Gasteiger partial charge in [0.25, 0.3) is 0 Å². The van der Waals surface area contributed by atoms with E-state index in [9.17, 15) is 26.3 Å². The lowest BCUT2D eigenvalue weighted by atomic mass is 10.3. The molecule has 0 fully saturated rings. The minimum absolute atomic E-state index is 0.0893. The fraction of sp³-hybridized carbons (Fsp3) is 0.0769. The molecule has 2 nitrogen and oxygen atoms in total. The van der Waals surface area contributed by atoms with E-state index in [0.29, 0.717) is 0 Å². The summed E-state index contributed by atoms with van der Waals surface area (Å²) in [7, 11) is 0.804. The molecule has 0 atom stereocenters. The predicted octanol–water partition coefficient (Wildman–Crippen LogP) is 3.92. The van der Waals surface area contributed by atoms with Gasteiger partial charge >= 0.3 is 0 Å². The van der Waals surface area contributed by atoms with Crippen LogP contribution in [-0.4, -0.2) is 12.2 Å². The summed E-state index contributed by atoms with van der Waals surface area (Å²) < 4.78 is 78.1. The van der Waals surface area contributed by atoms with Gasteiger partial charge < -0.3 is 9.84 Å². The van der Waals surface area contributed by atoms with Crippen molar-refractivity contribution in [3.05, 3.63) is 59.2 Å². The molecule has 0 bridgehead atoms. The van der Waals surface area contributed by atoms with Crippen molar-refractivity contribution in [2.45, 2.75) is 0 Å². The Morgan fingerprint density at radius 2 is 1.10 bits per heavy atom. The minimum Gasteiger partial charge on any atom is -0.508 e. The van der Waals surface area contributed by atoms with Crippen LogP contribution < -0.4 is 4.74 Å². The van der Waals surface area contributed by atoms with E-state index >= 15 is 0 Å². The van der Waals surface area contributed by atoms with Crippen LogP contribution in [0.5, 0.6) is 11.5 Å². The molecule has 0 amide bonds. The van der Waals surface area contributed by atoms with E-state index in [-0.39, 0.29) is 11.6 Å². The largest absolute Gasteiger partial charge is 0.508 e. The number of hydrogen-bond acceptors (Lipinski definition) is 2. The van der Waals surface area contributed by atoms with Crippen molar-refractivity contribution in [2.24, 2.45) is 0 Å². The Labute approximate surface area is 115 Å². The first-order valence-electron chi connectivity index (χ1n) is 5.29. The average molecular weight is 310 g/mol. The van der Waals surface area contributed by atoms with Gasteiger partial charge in [0.05, 0.1) is 7.11 Å². The van der Waals surface area contributed by atoms with Gasteiger partial charge in [0.2, 0.25) is 29.1 Å². The molecule has 0 radical (unpaired) electrons. The second-order valence-corrected chi connectivity index (χ2v) is 3.58. The van der Waals surface area contributed by atoms with Crippen LogP contribution in [0.2, 0.25) is 0 Å². The van der Waals surface area contributed by atoms with Crippen molar-refractivity contribution in [2.75, 3.05) is 7.11 Å². The lowest BCUT2D eigenvalue weighted by Crippen LogP contribution is -2.04. The number of phenolic OH excluding ortho intramolecular Hbond substituents is 1. The monoisotopic (exact) mass is 310 g/mol. The minimum atomic E-state index is -2.20. The third-order valence-electron chi connectivity index (χ3n) is 2.20. The summed E-state index contributed by atoms with van der Waals surface area (Å²) in [6, 6.07) is 5.01. The number of benzene rings is 2. The molecule has 0 aliphatic heterocycles. The van der Waals surface area contributed by atoms with Gasteiger partial charge in [0, 0.05) is 0 Å². The van der Waals surface area contributed by atoms with Crippen molar-refractivity contribution in [3.63, 3.8) is 0 Å². The van der Waals surface area contributed by atoms with Crippen LogP contribution in [0.4, 0.5) is 26.3 Å². The second kappa shape index (κ2) is 6.87. The molecule has 0 aliphatic carbocycles. The summed E-state index contributed by atoms with van der Waals surface area (Å²) in [6.07, 6.45) is 0. The van der Waals surface area contributed by atoms with Gasteiger partial charge in [-0.25, -0.2) is 17.6 Å². The van der Waals surface area contributed by atoms with Gasteiger partial charge in [-0.2, -0.15) is 8.78 Å². The Morgan fingerprint density at radius 1 is 0.714 bits per heavy atom. The normalized spacial score (nSPS) is 9.86. The molecule has 0 unspecified atom stereocenters. The van der Waals surface area contributed by atoms with Crippen LogP contribution in [0, 0.1) is 34.9 Å². The van der Waals surface area contributed by atoms with Gasteiger partial charge in [-0.1, -0.05) is 0 Å². The Balaban J connectivity index is 0.000000235. The Morgan fingerprint density at radius 3 is 1.43 bits per heavy atom. The Hall–Kier alpha value is -2.38. The Kier molecular flexibility index (Phi) is 5.45. The highest BCUT2D eigenvalue weighted by atomic mass is 19.2. The summed E-state index contributed by atoms with van der Waals surface area (Å²) >= 11 is 0. The number of ether oxygens (including phenoxy) is 1. The van der Waals surface area contributed by atoms with Gasteiger partial charge in [-0.05, 0) is 24.3 Å². The lowest BCUT2D eigenvalue weighted by molar-refractivity contribution is 0.310. The number of rotatable bonds is 1. The maximum atomic E-state index is 12.6. The maximum absolute atomic E-state index is 12.6. The summed E-state index contributed by atoms with van der Waals surface area (Å²) in [5.74, 6) is -11.7. The van der Waals surface area contributed by atoms with Crippen molar-refractivity contribution < 1.29 is 36.2 Å². The molecular weight excluding hydrogens is 302 g/mol. The molecule has 0 saturated carbocycles. The molecule has 0 aromatic heterocycles. The van der Waals surface area contributed by atoms with Gasteiger partial charge in [0.1, 0.15) is 11.6 Å². The first-order valence-corrected chi connectivity index (χ1v) is 5.29. The summed E-state index contributed by atoms with van der Waals surface area (Å²) in [5, 5.41) is 8.59. The maximum Gasteiger partial charge on any atom is 0.206 e. The molecule has 2 aromatic rings. The topological polar surface area (TPSA) is 29.5 Å². The first kappa shape index (κ1) is 16.7. The third kappa shape index (κ3) is 3.80. The van der Waals surface area contributed by atoms with Crippen LogP contribution in [0.25, 0.3) is 0 Å². The lowest BCUT2D eigenvalue weighted by Gasteiger charge is -2.05. The van der Waals surface area contributed by atoms with Crippen LogP contribution in [0.3, 0.4) is 0 Å². The fourth-order valence-corrected chi connectivity index (χ4v) is 1.21. The zero-order valence-electron chi connectivity index (χ0n) is 10.4. The van der Waals surface area contributed by atoms with Crippen LogP contribution in [0.15, 0.2) is 24.3 Å². The zero-order chi connectivity index (χ0) is 16.2. The van der Waals surface area contributed by atoms with Crippen molar-refractivity contribution in [1.82, 2.24) is 0 Å². The van der Waals surface area contributed by atoms with E-state index < -0.39 is 34.8 Å². The summed E-state index contributed by atoms with van der Waals surface area (Å²) in [4.78, 5) is 0. The first-order chi connectivity index (χ1) is 9.79. The number of aromatic hydroxyl groups is 1. The van der Waals surface area contributed by atoms with Crippen molar-refractivity contribution in [1.29, 1.82) is 0 Å².